The number of amides is 2. The number of benzene rings is 3. The highest BCUT2D eigenvalue weighted by Gasteiger charge is 2.18. The van der Waals surface area contributed by atoms with Gasteiger partial charge in [-0.25, -0.2) is 0 Å². The zero-order valence-electron chi connectivity index (χ0n) is 17.2. The summed E-state index contributed by atoms with van der Waals surface area (Å²) in [6.45, 7) is 1.55. The van der Waals surface area contributed by atoms with Crippen molar-refractivity contribution in [1.82, 2.24) is 5.32 Å². The lowest BCUT2D eigenvalue weighted by Gasteiger charge is -2.17. The van der Waals surface area contributed by atoms with Gasteiger partial charge < -0.3 is 20.5 Å². The molecule has 3 aromatic rings. The third-order valence-corrected chi connectivity index (χ3v) is 5.00. The maximum atomic E-state index is 12.8. The van der Waals surface area contributed by atoms with Crippen molar-refractivity contribution < 1.29 is 19.1 Å². The summed E-state index contributed by atoms with van der Waals surface area (Å²) >= 11 is 6.23. The molecule has 0 aliphatic rings. The van der Waals surface area contributed by atoms with Gasteiger partial charge >= 0.3 is 0 Å². The van der Waals surface area contributed by atoms with Gasteiger partial charge in [-0.05, 0) is 35.7 Å². The Morgan fingerprint density at radius 2 is 1.68 bits per heavy atom. The predicted molar refractivity (Wildman–Crippen MR) is 120 cm³/mol. The van der Waals surface area contributed by atoms with Crippen LogP contribution in [0.4, 0.5) is 0 Å². The van der Waals surface area contributed by atoms with E-state index in [2.05, 4.69) is 5.32 Å². The second kappa shape index (κ2) is 10.00. The van der Waals surface area contributed by atoms with Crippen molar-refractivity contribution in [2.75, 3.05) is 13.7 Å². The normalized spacial score (nSPS) is 11.5. The minimum atomic E-state index is -0.646. The Kier molecular flexibility index (Phi) is 7.15. The molecule has 1 unspecified atom stereocenters. The fourth-order valence-electron chi connectivity index (χ4n) is 3.09. The molecule has 3 rings (SSSR count). The molecule has 1 atom stereocenters. The van der Waals surface area contributed by atoms with Gasteiger partial charge in [0.1, 0.15) is 0 Å². The Bertz CT molecular complexity index is 1070. The minimum absolute atomic E-state index is 0.144. The van der Waals surface area contributed by atoms with Crippen LogP contribution in [0.15, 0.2) is 66.7 Å². The molecule has 0 aliphatic heterocycles. The average molecular weight is 439 g/mol. The van der Waals surface area contributed by atoms with E-state index < -0.39 is 5.91 Å². The smallest absolute Gasteiger partial charge is 0.255 e. The third-order valence-electron chi connectivity index (χ3n) is 4.72. The molecule has 0 fully saturated rings. The van der Waals surface area contributed by atoms with Crippen LogP contribution in [0.2, 0.25) is 5.02 Å². The van der Waals surface area contributed by atoms with Crippen LogP contribution in [-0.2, 0) is 4.79 Å². The highest BCUT2D eigenvalue weighted by Crippen LogP contribution is 2.36. The van der Waals surface area contributed by atoms with E-state index >= 15 is 0 Å². The zero-order valence-corrected chi connectivity index (χ0v) is 18.0. The molecular formula is C24H23ClN2O4. The van der Waals surface area contributed by atoms with E-state index in [-0.39, 0.29) is 35.1 Å². The van der Waals surface area contributed by atoms with Crippen LogP contribution in [0.1, 0.15) is 28.9 Å². The molecule has 0 saturated carbocycles. The number of primary amides is 1. The van der Waals surface area contributed by atoms with E-state index in [9.17, 15) is 9.59 Å². The van der Waals surface area contributed by atoms with Crippen molar-refractivity contribution in [3.63, 3.8) is 0 Å². The van der Waals surface area contributed by atoms with Crippen molar-refractivity contribution in [2.45, 2.75) is 13.0 Å². The van der Waals surface area contributed by atoms with Crippen molar-refractivity contribution in [3.05, 3.63) is 82.9 Å². The van der Waals surface area contributed by atoms with Crippen LogP contribution in [0.5, 0.6) is 11.5 Å². The number of nitrogens with one attached hydrogen (secondary N) is 1. The molecule has 2 amide bonds. The Balaban J connectivity index is 1.73. The summed E-state index contributed by atoms with van der Waals surface area (Å²) in [5.41, 5.74) is 8.61. The number of carbonyl (C=O) groups is 2. The Hall–Kier alpha value is -3.51. The standard InChI is InChI=1S/C24H23ClN2O4/c1-15(16-8-10-18(11-9-16)17-6-4-3-5-7-17)27-24(29)19-12-20(25)23(21(13-19)30-2)31-14-22(26)28/h3-13,15H,14H2,1-2H3,(H2,26,28)(H,27,29). The van der Waals surface area contributed by atoms with Crippen LogP contribution < -0.4 is 20.5 Å². The first kappa shape index (κ1) is 22.2. The SMILES string of the molecule is COc1cc(C(=O)NC(C)c2ccc(-c3ccccc3)cc2)cc(Cl)c1OCC(N)=O. The largest absolute Gasteiger partial charge is 0.493 e. The summed E-state index contributed by atoms with van der Waals surface area (Å²) < 4.78 is 10.5. The van der Waals surface area contributed by atoms with Gasteiger partial charge in [0.15, 0.2) is 18.1 Å². The van der Waals surface area contributed by atoms with E-state index in [1.54, 1.807) is 0 Å². The highest BCUT2D eigenvalue weighted by molar-refractivity contribution is 6.32. The number of nitrogens with two attached hydrogens (primary N) is 1. The fourth-order valence-corrected chi connectivity index (χ4v) is 3.36. The number of hydrogen-bond acceptors (Lipinski definition) is 4. The number of ether oxygens (including phenoxy) is 2. The number of hydrogen-bond donors (Lipinski definition) is 2. The van der Waals surface area contributed by atoms with Crippen molar-refractivity contribution in [2.24, 2.45) is 5.73 Å². The number of halogens is 1. The molecular weight excluding hydrogens is 416 g/mol. The monoisotopic (exact) mass is 438 g/mol. The van der Waals surface area contributed by atoms with Gasteiger partial charge in [-0.2, -0.15) is 0 Å². The molecule has 6 nitrogen and oxygen atoms in total. The van der Waals surface area contributed by atoms with Gasteiger partial charge in [-0.1, -0.05) is 66.2 Å². The fraction of sp³-hybridized carbons (Fsp3) is 0.167. The van der Waals surface area contributed by atoms with Crippen LogP contribution in [0, 0.1) is 0 Å². The van der Waals surface area contributed by atoms with Gasteiger partial charge in [-0.15, -0.1) is 0 Å². The molecule has 0 aromatic heterocycles. The van der Waals surface area contributed by atoms with E-state index in [1.165, 1.54) is 19.2 Å². The van der Waals surface area contributed by atoms with E-state index in [1.807, 2.05) is 61.5 Å². The van der Waals surface area contributed by atoms with Gasteiger partial charge in [0.05, 0.1) is 18.2 Å². The molecule has 0 aliphatic carbocycles. The predicted octanol–water partition coefficient (Wildman–Crippen LogP) is 4.37. The molecule has 0 radical (unpaired) electrons. The molecule has 3 aromatic carbocycles. The first-order valence-corrected chi connectivity index (χ1v) is 10.0. The van der Waals surface area contributed by atoms with Crippen LogP contribution >= 0.6 is 11.6 Å². The van der Waals surface area contributed by atoms with Gasteiger partial charge in [0, 0.05) is 5.56 Å². The first-order chi connectivity index (χ1) is 14.9. The van der Waals surface area contributed by atoms with Gasteiger partial charge in [-0.3, -0.25) is 9.59 Å². The first-order valence-electron chi connectivity index (χ1n) is 9.64. The molecule has 3 N–H and O–H groups in total. The van der Waals surface area contributed by atoms with Crippen molar-refractivity contribution in [1.29, 1.82) is 0 Å². The highest BCUT2D eigenvalue weighted by atomic mass is 35.5. The van der Waals surface area contributed by atoms with Gasteiger partial charge in [0.2, 0.25) is 0 Å². The van der Waals surface area contributed by atoms with Crippen LogP contribution in [0.25, 0.3) is 11.1 Å². The Labute approximate surface area is 185 Å². The minimum Gasteiger partial charge on any atom is -0.493 e. The van der Waals surface area contributed by atoms with E-state index in [0.29, 0.717) is 5.56 Å². The molecule has 31 heavy (non-hydrogen) atoms. The number of methoxy groups -OCH3 is 1. The van der Waals surface area contributed by atoms with E-state index in [4.69, 9.17) is 26.8 Å². The third kappa shape index (κ3) is 5.55. The van der Waals surface area contributed by atoms with Crippen molar-refractivity contribution in [3.8, 4) is 22.6 Å². The number of carbonyl (C=O) groups excluding carboxylic acids is 2. The molecule has 0 bridgehead atoms. The maximum absolute atomic E-state index is 12.8. The molecule has 160 valence electrons. The lowest BCUT2D eigenvalue weighted by molar-refractivity contribution is -0.119. The Morgan fingerprint density at radius 1 is 1.03 bits per heavy atom. The van der Waals surface area contributed by atoms with Crippen LogP contribution in [-0.4, -0.2) is 25.5 Å². The second-order valence-electron chi connectivity index (χ2n) is 6.93. The quantitative estimate of drug-likeness (QED) is 0.546. The summed E-state index contributed by atoms with van der Waals surface area (Å²) in [5, 5.41) is 3.10. The second-order valence-corrected chi connectivity index (χ2v) is 7.33. The molecule has 0 spiro atoms. The summed E-state index contributed by atoms with van der Waals surface area (Å²) in [7, 11) is 1.42. The average Bonchev–Trinajstić information content (AvgIpc) is 2.78. The zero-order chi connectivity index (χ0) is 22.4. The topological polar surface area (TPSA) is 90.7 Å². The summed E-state index contributed by atoms with van der Waals surface area (Å²) in [5.74, 6) is -0.573. The van der Waals surface area contributed by atoms with Gasteiger partial charge in [0.25, 0.3) is 11.8 Å². The molecule has 0 heterocycles. The number of rotatable bonds is 8. The van der Waals surface area contributed by atoms with Crippen molar-refractivity contribution >= 4 is 23.4 Å². The van der Waals surface area contributed by atoms with E-state index in [0.717, 1.165) is 16.7 Å². The summed E-state index contributed by atoms with van der Waals surface area (Å²) in [6, 6.07) is 20.8. The molecule has 7 heteroatoms. The summed E-state index contributed by atoms with van der Waals surface area (Å²) in [4.78, 5) is 23.7. The summed E-state index contributed by atoms with van der Waals surface area (Å²) in [6.07, 6.45) is 0. The maximum Gasteiger partial charge on any atom is 0.255 e. The van der Waals surface area contributed by atoms with Crippen LogP contribution in [0.3, 0.4) is 0 Å². The molecule has 0 saturated heterocycles. The lowest BCUT2D eigenvalue weighted by Crippen LogP contribution is -2.26. The Morgan fingerprint density at radius 3 is 2.29 bits per heavy atom. The lowest BCUT2D eigenvalue weighted by atomic mass is 10.0.